The van der Waals surface area contributed by atoms with E-state index >= 15 is 0 Å². The molecular formula is C14H17NO. The van der Waals surface area contributed by atoms with Crippen LogP contribution < -0.4 is 0 Å². The van der Waals surface area contributed by atoms with Crippen molar-refractivity contribution in [2.75, 3.05) is 6.54 Å². The van der Waals surface area contributed by atoms with E-state index in [0.717, 1.165) is 24.2 Å². The molecule has 1 amide bonds. The zero-order valence-electron chi connectivity index (χ0n) is 9.65. The molecule has 0 N–H and O–H groups in total. The predicted octanol–water partition coefficient (Wildman–Crippen LogP) is 2.92. The number of amides is 1. The van der Waals surface area contributed by atoms with Gasteiger partial charge in [0.2, 0.25) is 5.91 Å². The number of piperidine rings is 1. The summed E-state index contributed by atoms with van der Waals surface area (Å²) in [5.41, 5.74) is 1.86. The average Bonchev–Trinajstić information content (AvgIpc) is 2.32. The minimum Gasteiger partial charge on any atom is -0.312 e. The lowest BCUT2D eigenvalue weighted by Gasteiger charge is -2.32. The minimum absolute atomic E-state index is 0.201. The maximum absolute atomic E-state index is 11.8. The van der Waals surface area contributed by atoms with Crippen LogP contribution in [0.25, 0.3) is 5.70 Å². The summed E-state index contributed by atoms with van der Waals surface area (Å²) in [6.45, 7) is 7.02. The largest absolute Gasteiger partial charge is 0.312 e. The van der Waals surface area contributed by atoms with Crippen LogP contribution in [0.3, 0.4) is 0 Å². The molecule has 1 saturated heterocycles. The molecule has 1 fully saturated rings. The number of carbonyl (C=O) groups is 1. The zero-order chi connectivity index (χ0) is 11.5. The van der Waals surface area contributed by atoms with Gasteiger partial charge in [-0.05, 0) is 17.9 Å². The van der Waals surface area contributed by atoms with Gasteiger partial charge in [0.05, 0.1) is 0 Å². The fraction of sp³-hybridized carbons (Fsp3) is 0.357. The molecule has 2 heteroatoms. The number of hydrogen-bond acceptors (Lipinski definition) is 1. The second-order valence-electron chi connectivity index (χ2n) is 4.46. The molecule has 0 radical (unpaired) electrons. The molecule has 1 atom stereocenters. The van der Waals surface area contributed by atoms with Crippen LogP contribution in [0, 0.1) is 5.92 Å². The highest BCUT2D eigenvalue weighted by molar-refractivity contribution is 5.86. The van der Waals surface area contributed by atoms with Gasteiger partial charge in [-0.3, -0.25) is 4.79 Å². The summed E-state index contributed by atoms with van der Waals surface area (Å²) >= 11 is 0. The lowest BCUT2D eigenvalue weighted by molar-refractivity contribution is -0.130. The molecule has 0 spiro atoms. The van der Waals surface area contributed by atoms with Gasteiger partial charge in [-0.2, -0.15) is 0 Å². The second kappa shape index (κ2) is 4.52. The first-order valence-corrected chi connectivity index (χ1v) is 5.73. The smallest absolute Gasteiger partial charge is 0.226 e. The van der Waals surface area contributed by atoms with Crippen molar-refractivity contribution in [1.29, 1.82) is 0 Å². The van der Waals surface area contributed by atoms with Gasteiger partial charge in [-0.15, -0.1) is 0 Å². The highest BCUT2D eigenvalue weighted by Gasteiger charge is 2.25. The standard InChI is InChI=1S/C14H17NO/c1-11-8-9-14(16)15(10-11)12(2)13-6-4-3-5-7-13/h3-7,11H,2,8-10H2,1H3/t11-/m0/s1. The monoisotopic (exact) mass is 215 g/mol. The van der Waals surface area contributed by atoms with E-state index < -0.39 is 0 Å². The van der Waals surface area contributed by atoms with Crippen molar-refractivity contribution in [1.82, 2.24) is 4.90 Å². The normalized spacial score (nSPS) is 20.9. The third-order valence-corrected chi connectivity index (χ3v) is 3.08. The van der Waals surface area contributed by atoms with Gasteiger partial charge in [-0.25, -0.2) is 0 Å². The van der Waals surface area contributed by atoms with Gasteiger partial charge in [-0.1, -0.05) is 43.8 Å². The Hall–Kier alpha value is -1.57. The Kier molecular flexibility index (Phi) is 3.09. The molecule has 1 aliphatic heterocycles. The van der Waals surface area contributed by atoms with E-state index in [9.17, 15) is 4.79 Å². The average molecular weight is 215 g/mol. The molecule has 84 valence electrons. The summed E-state index contributed by atoms with van der Waals surface area (Å²) in [5, 5.41) is 0. The van der Waals surface area contributed by atoms with E-state index in [1.807, 2.05) is 35.2 Å². The third-order valence-electron chi connectivity index (χ3n) is 3.08. The Bertz CT molecular complexity index is 396. The van der Waals surface area contributed by atoms with Crippen LogP contribution in [0.2, 0.25) is 0 Å². The number of carbonyl (C=O) groups excluding carboxylic acids is 1. The van der Waals surface area contributed by atoms with E-state index in [1.54, 1.807) is 0 Å². The molecule has 16 heavy (non-hydrogen) atoms. The minimum atomic E-state index is 0.201. The van der Waals surface area contributed by atoms with Crippen LogP contribution in [0.4, 0.5) is 0 Å². The zero-order valence-corrected chi connectivity index (χ0v) is 9.65. The highest BCUT2D eigenvalue weighted by Crippen LogP contribution is 2.25. The molecule has 0 bridgehead atoms. The summed E-state index contributed by atoms with van der Waals surface area (Å²) in [6.07, 6.45) is 1.64. The van der Waals surface area contributed by atoms with Crippen LogP contribution in [-0.4, -0.2) is 17.4 Å². The van der Waals surface area contributed by atoms with Crippen molar-refractivity contribution in [2.24, 2.45) is 5.92 Å². The lowest BCUT2D eigenvalue weighted by atomic mass is 9.98. The summed E-state index contributed by atoms with van der Waals surface area (Å²) in [6, 6.07) is 9.90. The molecule has 0 aromatic heterocycles. The van der Waals surface area contributed by atoms with Crippen molar-refractivity contribution in [3.8, 4) is 0 Å². The Morgan fingerprint density at radius 1 is 1.38 bits per heavy atom. The molecule has 1 aromatic rings. The first-order chi connectivity index (χ1) is 7.68. The van der Waals surface area contributed by atoms with Crippen LogP contribution in [0.15, 0.2) is 36.9 Å². The van der Waals surface area contributed by atoms with E-state index in [0.29, 0.717) is 12.3 Å². The fourth-order valence-electron chi connectivity index (χ4n) is 2.06. The SMILES string of the molecule is C=C(c1ccccc1)N1C[C@@H](C)CCC1=O. The fourth-order valence-corrected chi connectivity index (χ4v) is 2.06. The Labute approximate surface area is 96.6 Å². The number of likely N-dealkylation sites (tertiary alicyclic amines) is 1. The Balaban J connectivity index is 2.18. The van der Waals surface area contributed by atoms with Gasteiger partial charge in [0.1, 0.15) is 0 Å². The van der Waals surface area contributed by atoms with Crippen molar-refractivity contribution >= 4 is 11.6 Å². The molecule has 1 aliphatic rings. The summed E-state index contributed by atoms with van der Waals surface area (Å²) in [5.74, 6) is 0.769. The van der Waals surface area contributed by atoms with Gasteiger partial charge in [0.25, 0.3) is 0 Å². The molecule has 0 aliphatic carbocycles. The molecule has 0 saturated carbocycles. The third kappa shape index (κ3) is 2.16. The summed E-state index contributed by atoms with van der Waals surface area (Å²) < 4.78 is 0. The van der Waals surface area contributed by atoms with Gasteiger partial charge >= 0.3 is 0 Å². The van der Waals surface area contributed by atoms with Crippen molar-refractivity contribution in [2.45, 2.75) is 19.8 Å². The van der Waals surface area contributed by atoms with Crippen LogP contribution in [0.5, 0.6) is 0 Å². The Morgan fingerprint density at radius 3 is 2.75 bits per heavy atom. The Morgan fingerprint density at radius 2 is 2.06 bits per heavy atom. The van der Waals surface area contributed by atoms with Gasteiger partial charge in [0.15, 0.2) is 0 Å². The quantitative estimate of drug-likeness (QED) is 0.742. The highest BCUT2D eigenvalue weighted by atomic mass is 16.2. The first kappa shape index (κ1) is 10.9. The van der Waals surface area contributed by atoms with Crippen molar-refractivity contribution in [3.63, 3.8) is 0 Å². The molecule has 2 nitrogen and oxygen atoms in total. The van der Waals surface area contributed by atoms with Crippen LogP contribution in [-0.2, 0) is 4.79 Å². The van der Waals surface area contributed by atoms with Gasteiger partial charge in [0, 0.05) is 18.7 Å². The van der Waals surface area contributed by atoms with E-state index in [4.69, 9.17) is 0 Å². The van der Waals surface area contributed by atoms with Gasteiger partial charge < -0.3 is 4.90 Å². The summed E-state index contributed by atoms with van der Waals surface area (Å²) in [4.78, 5) is 13.6. The maximum atomic E-state index is 11.8. The number of benzene rings is 1. The molecule has 1 heterocycles. The molecule has 1 aromatic carbocycles. The van der Waals surface area contributed by atoms with E-state index in [-0.39, 0.29) is 5.91 Å². The number of hydrogen-bond donors (Lipinski definition) is 0. The van der Waals surface area contributed by atoms with E-state index in [1.165, 1.54) is 0 Å². The van der Waals surface area contributed by atoms with Crippen LogP contribution in [0.1, 0.15) is 25.3 Å². The van der Waals surface area contributed by atoms with E-state index in [2.05, 4.69) is 13.5 Å². The predicted molar refractivity (Wildman–Crippen MR) is 65.6 cm³/mol. The first-order valence-electron chi connectivity index (χ1n) is 5.73. The molecule has 2 rings (SSSR count). The second-order valence-corrected chi connectivity index (χ2v) is 4.46. The topological polar surface area (TPSA) is 20.3 Å². The van der Waals surface area contributed by atoms with Crippen molar-refractivity contribution in [3.05, 3.63) is 42.5 Å². The van der Waals surface area contributed by atoms with Crippen LogP contribution >= 0.6 is 0 Å². The van der Waals surface area contributed by atoms with Crippen molar-refractivity contribution < 1.29 is 4.79 Å². The summed E-state index contributed by atoms with van der Waals surface area (Å²) in [7, 11) is 0. The molecule has 0 unspecified atom stereocenters. The molecular weight excluding hydrogens is 198 g/mol. The lowest BCUT2D eigenvalue weighted by Crippen LogP contribution is -2.37. The number of nitrogens with zero attached hydrogens (tertiary/aromatic N) is 1. The number of rotatable bonds is 2. The maximum Gasteiger partial charge on any atom is 0.226 e.